The number of rotatable bonds is 5. The lowest BCUT2D eigenvalue weighted by Gasteiger charge is -2.25. The molecule has 0 amide bonds. The van der Waals surface area contributed by atoms with Crippen molar-refractivity contribution >= 4 is 5.97 Å². The van der Waals surface area contributed by atoms with Crippen molar-refractivity contribution in [3.63, 3.8) is 0 Å². The number of carboxylic acids is 1. The van der Waals surface area contributed by atoms with Gasteiger partial charge >= 0.3 is 5.97 Å². The Hall–Kier alpha value is -0.610. The molecule has 0 saturated heterocycles. The molecule has 1 rings (SSSR count). The van der Waals surface area contributed by atoms with Gasteiger partial charge in [-0.2, -0.15) is 0 Å². The summed E-state index contributed by atoms with van der Waals surface area (Å²) in [6.07, 6.45) is 5.06. The lowest BCUT2D eigenvalue weighted by atomic mass is 10.1. The normalized spacial score (nSPS) is 20.2. The number of nitrogens with two attached hydrogens (primary N) is 1. The van der Waals surface area contributed by atoms with E-state index in [2.05, 4.69) is 0 Å². The minimum Gasteiger partial charge on any atom is -0.480 e. The molecule has 3 N–H and O–H groups in total. The van der Waals surface area contributed by atoms with Crippen molar-refractivity contribution in [2.24, 2.45) is 11.7 Å². The molecule has 82 valence electrons. The Morgan fingerprint density at radius 3 is 2.57 bits per heavy atom. The molecule has 0 spiro atoms. The number of carboxylic acid groups (broad SMARTS) is 1. The topological polar surface area (TPSA) is 66.6 Å². The molecule has 1 aliphatic carbocycles. The van der Waals surface area contributed by atoms with E-state index in [-0.39, 0.29) is 6.54 Å². The molecule has 0 radical (unpaired) electrons. The number of hydrogen-bond acceptors (Lipinski definition) is 3. The van der Waals surface area contributed by atoms with Crippen molar-refractivity contribution in [3.05, 3.63) is 0 Å². The fourth-order valence-electron chi connectivity index (χ4n) is 2.20. The molecule has 0 aromatic rings. The summed E-state index contributed by atoms with van der Waals surface area (Å²) in [5, 5.41) is 8.90. The van der Waals surface area contributed by atoms with Gasteiger partial charge in [0, 0.05) is 13.1 Å². The van der Waals surface area contributed by atoms with Crippen LogP contribution in [-0.2, 0) is 4.79 Å². The SMILES string of the molecule is CN(CC1CCCC1)C(CN)C(=O)O. The predicted molar refractivity (Wildman–Crippen MR) is 55.1 cm³/mol. The predicted octanol–water partition coefficient (Wildman–Crippen LogP) is 0.520. The van der Waals surface area contributed by atoms with Crippen LogP contribution < -0.4 is 5.73 Å². The van der Waals surface area contributed by atoms with E-state index in [1.807, 2.05) is 11.9 Å². The lowest BCUT2D eigenvalue weighted by molar-refractivity contribution is -0.142. The molecular formula is C10H20N2O2. The summed E-state index contributed by atoms with van der Waals surface area (Å²) in [6, 6.07) is -0.518. The number of aliphatic carboxylic acids is 1. The van der Waals surface area contributed by atoms with Crippen LogP contribution in [0.25, 0.3) is 0 Å². The maximum atomic E-state index is 10.8. The van der Waals surface area contributed by atoms with E-state index >= 15 is 0 Å². The molecule has 4 heteroatoms. The lowest BCUT2D eigenvalue weighted by Crippen LogP contribution is -2.45. The Balaban J connectivity index is 2.37. The van der Waals surface area contributed by atoms with Crippen molar-refractivity contribution in [1.82, 2.24) is 4.90 Å². The van der Waals surface area contributed by atoms with Crippen LogP contribution in [0.5, 0.6) is 0 Å². The first-order chi connectivity index (χ1) is 6.65. The van der Waals surface area contributed by atoms with Crippen LogP contribution >= 0.6 is 0 Å². The molecule has 0 aromatic heterocycles. The monoisotopic (exact) mass is 200 g/mol. The molecule has 1 saturated carbocycles. The van der Waals surface area contributed by atoms with Crippen LogP contribution in [0.2, 0.25) is 0 Å². The second-order valence-corrected chi connectivity index (χ2v) is 4.18. The van der Waals surface area contributed by atoms with Gasteiger partial charge in [0.2, 0.25) is 0 Å². The summed E-state index contributed by atoms with van der Waals surface area (Å²) in [5.74, 6) is -0.138. The summed E-state index contributed by atoms with van der Waals surface area (Å²) in [5.41, 5.74) is 5.43. The van der Waals surface area contributed by atoms with Crippen LogP contribution in [0.4, 0.5) is 0 Å². The maximum absolute atomic E-state index is 10.8. The third kappa shape index (κ3) is 2.96. The zero-order valence-electron chi connectivity index (χ0n) is 8.78. The quantitative estimate of drug-likeness (QED) is 0.679. The number of likely N-dealkylation sites (N-methyl/N-ethyl adjacent to an activating group) is 1. The first-order valence-electron chi connectivity index (χ1n) is 5.28. The average Bonchev–Trinajstić information content (AvgIpc) is 2.57. The first kappa shape index (κ1) is 11.5. The van der Waals surface area contributed by atoms with Crippen molar-refractivity contribution < 1.29 is 9.90 Å². The van der Waals surface area contributed by atoms with Gasteiger partial charge in [-0.3, -0.25) is 9.69 Å². The Morgan fingerprint density at radius 1 is 1.57 bits per heavy atom. The summed E-state index contributed by atoms with van der Waals surface area (Å²) in [7, 11) is 1.85. The number of carbonyl (C=O) groups is 1. The minimum atomic E-state index is -0.812. The summed E-state index contributed by atoms with van der Waals surface area (Å²) < 4.78 is 0. The first-order valence-corrected chi connectivity index (χ1v) is 5.28. The summed E-state index contributed by atoms with van der Waals surface area (Å²) >= 11 is 0. The van der Waals surface area contributed by atoms with Gasteiger partial charge in [-0.05, 0) is 25.8 Å². The molecule has 1 fully saturated rings. The molecule has 0 aromatic carbocycles. The fourth-order valence-corrected chi connectivity index (χ4v) is 2.20. The molecule has 0 bridgehead atoms. The summed E-state index contributed by atoms with van der Waals surface area (Å²) in [6.45, 7) is 1.06. The third-order valence-corrected chi connectivity index (χ3v) is 3.06. The highest BCUT2D eigenvalue weighted by Crippen LogP contribution is 2.25. The number of hydrogen-bond donors (Lipinski definition) is 2. The maximum Gasteiger partial charge on any atom is 0.322 e. The summed E-state index contributed by atoms with van der Waals surface area (Å²) in [4.78, 5) is 12.7. The van der Waals surface area contributed by atoms with E-state index in [0.717, 1.165) is 6.54 Å². The van der Waals surface area contributed by atoms with Crippen LogP contribution in [-0.4, -0.2) is 42.2 Å². The number of nitrogens with zero attached hydrogens (tertiary/aromatic N) is 1. The van der Waals surface area contributed by atoms with Crippen LogP contribution in [0, 0.1) is 5.92 Å². The van der Waals surface area contributed by atoms with Gasteiger partial charge in [0.25, 0.3) is 0 Å². The highest BCUT2D eigenvalue weighted by atomic mass is 16.4. The van der Waals surface area contributed by atoms with Crippen molar-refractivity contribution in [3.8, 4) is 0 Å². The zero-order valence-corrected chi connectivity index (χ0v) is 8.78. The molecule has 1 aliphatic rings. The van der Waals surface area contributed by atoms with E-state index in [1.165, 1.54) is 25.7 Å². The Kier molecular flexibility index (Phi) is 4.35. The highest BCUT2D eigenvalue weighted by molar-refractivity contribution is 5.73. The Labute approximate surface area is 85.1 Å². The van der Waals surface area contributed by atoms with Gasteiger partial charge in [-0.1, -0.05) is 12.8 Å². The fraction of sp³-hybridized carbons (Fsp3) is 0.900. The van der Waals surface area contributed by atoms with E-state index in [0.29, 0.717) is 5.92 Å². The minimum absolute atomic E-state index is 0.193. The second kappa shape index (κ2) is 5.32. The highest BCUT2D eigenvalue weighted by Gasteiger charge is 2.24. The Bertz CT molecular complexity index is 191. The average molecular weight is 200 g/mol. The van der Waals surface area contributed by atoms with Gasteiger partial charge in [0.05, 0.1) is 0 Å². The van der Waals surface area contributed by atoms with E-state index in [4.69, 9.17) is 10.8 Å². The molecule has 1 atom stereocenters. The van der Waals surface area contributed by atoms with Gasteiger partial charge in [0.15, 0.2) is 0 Å². The smallest absolute Gasteiger partial charge is 0.322 e. The molecule has 1 unspecified atom stereocenters. The van der Waals surface area contributed by atoms with Crippen molar-refractivity contribution in [2.45, 2.75) is 31.7 Å². The molecule has 0 aliphatic heterocycles. The van der Waals surface area contributed by atoms with E-state index in [9.17, 15) is 4.79 Å². The second-order valence-electron chi connectivity index (χ2n) is 4.18. The largest absolute Gasteiger partial charge is 0.480 e. The van der Waals surface area contributed by atoms with Crippen LogP contribution in [0.1, 0.15) is 25.7 Å². The Morgan fingerprint density at radius 2 is 2.14 bits per heavy atom. The zero-order chi connectivity index (χ0) is 10.6. The molecular weight excluding hydrogens is 180 g/mol. The molecule has 0 heterocycles. The molecule has 4 nitrogen and oxygen atoms in total. The third-order valence-electron chi connectivity index (χ3n) is 3.06. The van der Waals surface area contributed by atoms with Gasteiger partial charge < -0.3 is 10.8 Å². The van der Waals surface area contributed by atoms with E-state index in [1.54, 1.807) is 0 Å². The van der Waals surface area contributed by atoms with Crippen molar-refractivity contribution in [1.29, 1.82) is 0 Å². The molecule has 14 heavy (non-hydrogen) atoms. The van der Waals surface area contributed by atoms with E-state index < -0.39 is 12.0 Å². The van der Waals surface area contributed by atoms with Gasteiger partial charge in [-0.25, -0.2) is 0 Å². The van der Waals surface area contributed by atoms with Crippen molar-refractivity contribution in [2.75, 3.05) is 20.1 Å². The van der Waals surface area contributed by atoms with Crippen LogP contribution in [0.15, 0.2) is 0 Å². The standard InChI is InChI=1S/C10H20N2O2/c1-12(9(6-11)10(13)14)7-8-4-2-3-5-8/h8-9H,2-7,11H2,1H3,(H,13,14). The van der Waals surface area contributed by atoms with Crippen LogP contribution in [0.3, 0.4) is 0 Å². The van der Waals surface area contributed by atoms with Gasteiger partial charge in [-0.15, -0.1) is 0 Å². The van der Waals surface area contributed by atoms with Gasteiger partial charge in [0.1, 0.15) is 6.04 Å².